The van der Waals surface area contributed by atoms with Gasteiger partial charge in [-0.3, -0.25) is 0 Å². The van der Waals surface area contributed by atoms with Gasteiger partial charge in [0.1, 0.15) is 12.1 Å². The van der Waals surface area contributed by atoms with Crippen molar-refractivity contribution < 1.29 is 13.8 Å². The van der Waals surface area contributed by atoms with Crippen LogP contribution in [-0.2, 0) is 22.6 Å². The van der Waals surface area contributed by atoms with Crippen molar-refractivity contribution in [2.75, 3.05) is 13.4 Å². The van der Waals surface area contributed by atoms with E-state index in [1.54, 1.807) is 6.07 Å². The first-order valence-corrected chi connectivity index (χ1v) is 5.58. The third-order valence-corrected chi connectivity index (χ3v) is 2.75. The quantitative estimate of drug-likeness (QED) is 0.609. The number of hydroxylamine groups is 1. The molecule has 0 saturated carbocycles. The van der Waals surface area contributed by atoms with E-state index in [0.717, 1.165) is 5.56 Å². The maximum absolute atomic E-state index is 12.8. The highest BCUT2D eigenvalue weighted by atomic mass is 32.2. The molecule has 0 heterocycles. The highest BCUT2D eigenvalue weighted by molar-refractivity contribution is 7.90. The molecule has 3 nitrogen and oxygen atoms in total. The van der Waals surface area contributed by atoms with Crippen LogP contribution < -0.4 is 5.48 Å². The molecule has 0 spiro atoms. The monoisotopic (exact) mass is 217 g/mol. The maximum atomic E-state index is 12.8. The normalized spacial score (nSPS) is 12.9. The van der Waals surface area contributed by atoms with Gasteiger partial charge in [-0.15, -0.1) is 0 Å². The van der Waals surface area contributed by atoms with Crippen molar-refractivity contribution >= 4 is 11.2 Å². The Kier molecular flexibility index (Phi) is 4.34. The van der Waals surface area contributed by atoms with Crippen LogP contribution >= 0.6 is 0 Å². The van der Waals surface area contributed by atoms with Gasteiger partial charge in [0.2, 0.25) is 0 Å². The summed E-state index contributed by atoms with van der Waals surface area (Å²) >= 11 is -1.19. The molecular weight excluding hydrogens is 205 g/mol. The van der Waals surface area contributed by atoms with Gasteiger partial charge in [0.15, 0.2) is 4.90 Å². The minimum Gasteiger partial charge on any atom is -0.612 e. The summed E-state index contributed by atoms with van der Waals surface area (Å²) in [6.45, 7) is 0.408. The summed E-state index contributed by atoms with van der Waals surface area (Å²) in [5, 5.41) is 0. The van der Waals surface area contributed by atoms with Gasteiger partial charge in [-0.1, -0.05) is 0 Å². The zero-order valence-corrected chi connectivity index (χ0v) is 8.86. The first-order valence-electron chi connectivity index (χ1n) is 4.03. The summed E-state index contributed by atoms with van der Waals surface area (Å²) < 4.78 is 24.1. The minimum atomic E-state index is -1.19. The Hall–Kier alpha value is -0.620. The predicted octanol–water partition coefficient (Wildman–Crippen LogP) is 1.21. The molecule has 1 aromatic carbocycles. The smallest absolute Gasteiger partial charge is 0.159 e. The van der Waals surface area contributed by atoms with Gasteiger partial charge in [0.25, 0.3) is 0 Å². The van der Waals surface area contributed by atoms with Crippen molar-refractivity contribution in [2.45, 2.75) is 11.4 Å². The summed E-state index contributed by atoms with van der Waals surface area (Å²) in [5.74, 6) is -0.378. The Bertz CT molecular complexity index is 307. The molecule has 5 heteroatoms. The van der Waals surface area contributed by atoms with E-state index in [9.17, 15) is 8.94 Å². The summed E-state index contributed by atoms with van der Waals surface area (Å²) in [6, 6.07) is 4.21. The number of benzene rings is 1. The van der Waals surface area contributed by atoms with Crippen molar-refractivity contribution in [1.29, 1.82) is 0 Å². The molecule has 1 N–H and O–H groups in total. The van der Waals surface area contributed by atoms with E-state index in [4.69, 9.17) is 0 Å². The van der Waals surface area contributed by atoms with E-state index < -0.39 is 11.2 Å². The van der Waals surface area contributed by atoms with Gasteiger partial charge in [-0.2, -0.15) is 5.48 Å². The maximum Gasteiger partial charge on any atom is 0.159 e. The zero-order valence-electron chi connectivity index (χ0n) is 8.04. The van der Waals surface area contributed by atoms with Crippen LogP contribution in [0.1, 0.15) is 5.56 Å². The topological polar surface area (TPSA) is 44.3 Å². The number of rotatable bonds is 4. The summed E-state index contributed by atoms with van der Waals surface area (Å²) in [4.78, 5) is 5.16. The lowest BCUT2D eigenvalue weighted by Crippen LogP contribution is -2.14. The second-order valence-corrected chi connectivity index (χ2v) is 4.08. The Labute approximate surface area is 85.4 Å². The molecule has 14 heavy (non-hydrogen) atoms. The molecule has 0 aromatic heterocycles. The van der Waals surface area contributed by atoms with Gasteiger partial charge in [0, 0.05) is 11.6 Å². The van der Waals surface area contributed by atoms with Crippen LogP contribution in [0.5, 0.6) is 0 Å². The Morgan fingerprint density at radius 1 is 1.57 bits per heavy atom. The van der Waals surface area contributed by atoms with Gasteiger partial charge in [-0.25, -0.2) is 4.39 Å². The fourth-order valence-electron chi connectivity index (χ4n) is 1.09. The molecule has 0 fully saturated rings. The molecule has 0 aliphatic heterocycles. The van der Waals surface area contributed by atoms with Crippen molar-refractivity contribution in [3.63, 3.8) is 0 Å². The van der Waals surface area contributed by atoms with Crippen LogP contribution in [0.4, 0.5) is 4.39 Å². The molecule has 1 atom stereocenters. The zero-order chi connectivity index (χ0) is 10.6. The molecule has 0 aliphatic rings. The summed E-state index contributed by atoms with van der Waals surface area (Å²) in [5.41, 5.74) is 3.39. The lowest BCUT2D eigenvalue weighted by molar-refractivity contribution is 0.0861. The van der Waals surface area contributed by atoms with Crippen LogP contribution in [0.25, 0.3) is 0 Å². The van der Waals surface area contributed by atoms with Gasteiger partial charge in [-0.05, 0) is 23.3 Å². The third-order valence-electron chi connectivity index (χ3n) is 1.75. The number of hydrogen-bond donors (Lipinski definition) is 1. The number of nitrogens with one attached hydrogen (secondary N) is 1. The minimum absolute atomic E-state index is 0.378. The second-order valence-electron chi connectivity index (χ2n) is 2.73. The molecular formula is C9H12FNO2S. The summed E-state index contributed by atoms with van der Waals surface area (Å²) in [7, 11) is 1.49. The molecule has 1 unspecified atom stereocenters. The molecule has 0 bridgehead atoms. The van der Waals surface area contributed by atoms with Gasteiger partial charge < -0.3 is 9.39 Å². The van der Waals surface area contributed by atoms with Crippen LogP contribution in [0, 0.1) is 5.82 Å². The molecule has 1 aromatic rings. The van der Waals surface area contributed by atoms with Crippen molar-refractivity contribution in [3.05, 3.63) is 29.6 Å². The van der Waals surface area contributed by atoms with Crippen molar-refractivity contribution in [1.82, 2.24) is 5.48 Å². The molecule has 78 valence electrons. The van der Waals surface area contributed by atoms with E-state index >= 15 is 0 Å². The fourth-order valence-corrected chi connectivity index (χ4v) is 1.88. The lowest BCUT2D eigenvalue weighted by Gasteiger charge is -2.10. The Morgan fingerprint density at radius 3 is 2.86 bits per heavy atom. The fraction of sp³-hybridized carbons (Fsp3) is 0.333. The number of halogens is 1. The molecule has 0 saturated heterocycles. The predicted molar refractivity (Wildman–Crippen MR) is 52.6 cm³/mol. The van der Waals surface area contributed by atoms with E-state index in [1.165, 1.54) is 25.5 Å². The molecule has 0 aliphatic carbocycles. The van der Waals surface area contributed by atoms with E-state index in [0.29, 0.717) is 11.4 Å². The van der Waals surface area contributed by atoms with Crippen molar-refractivity contribution in [2.24, 2.45) is 0 Å². The van der Waals surface area contributed by atoms with Crippen molar-refractivity contribution in [3.8, 4) is 0 Å². The standard InChI is InChI=1S/C9H12FNO2S/c1-13-11-6-7-3-4-8(10)5-9(7)14(2)12/h3-5,11H,6H2,1-2H3. The van der Waals surface area contributed by atoms with Crippen LogP contribution in [0.15, 0.2) is 23.1 Å². The molecule has 1 rings (SSSR count). The average Bonchev–Trinajstić information content (AvgIpc) is 2.15. The van der Waals surface area contributed by atoms with E-state index in [2.05, 4.69) is 10.3 Å². The first-order chi connectivity index (χ1) is 6.65. The largest absolute Gasteiger partial charge is 0.612 e. The van der Waals surface area contributed by atoms with E-state index in [1.807, 2.05) is 0 Å². The first kappa shape index (κ1) is 11.5. The van der Waals surface area contributed by atoms with E-state index in [-0.39, 0.29) is 5.82 Å². The van der Waals surface area contributed by atoms with Crippen LogP contribution in [0.2, 0.25) is 0 Å². The van der Waals surface area contributed by atoms with Gasteiger partial charge in [0.05, 0.1) is 13.7 Å². The molecule has 0 radical (unpaired) electrons. The second kappa shape index (κ2) is 5.31. The van der Waals surface area contributed by atoms with Gasteiger partial charge >= 0.3 is 0 Å². The lowest BCUT2D eigenvalue weighted by atomic mass is 10.2. The van der Waals surface area contributed by atoms with Crippen LogP contribution in [-0.4, -0.2) is 17.9 Å². The Balaban J connectivity index is 2.90. The average molecular weight is 217 g/mol. The summed E-state index contributed by atoms with van der Waals surface area (Å²) in [6.07, 6.45) is 1.52. The SMILES string of the molecule is CONCc1ccc(F)cc1[S+](C)[O-]. The van der Waals surface area contributed by atoms with Crippen LogP contribution in [0.3, 0.4) is 0 Å². The number of hydrogen-bond acceptors (Lipinski definition) is 3. The highest BCUT2D eigenvalue weighted by Crippen LogP contribution is 2.16. The Morgan fingerprint density at radius 2 is 2.29 bits per heavy atom. The molecule has 0 amide bonds. The third kappa shape index (κ3) is 2.95. The highest BCUT2D eigenvalue weighted by Gasteiger charge is 2.12.